The van der Waals surface area contributed by atoms with Crippen LogP contribution >= 0.6 is 0 Å². The van der Waals surface area contributed by atoms with Crippen LogP contribution in [0.3, 0.4) is 0 Å². The van der Waals surface area contributed by atoms with Crippen LogP contribution in [-0.2, 0) is 11.3 Å². The highest BCUT2D eigenvalue weighted by Gasteiger charge is 2.19. The van der Waals surface area contributed by atoms with Gasteiger partial charge in [-0.15, -0.1) is 0 Å². The van der Waals surface area contributed by atoms with Gasteiger partial charge in [-0.1, -0.05) is 0 Å². The molecule has 0 radical (unpaired) electrons. The molecular formula is C15H22FN3O2. The maximum absolute atomic E-state index is 13.7. The van der Waals surface area contributed by atoms with Crippen molar-refractivity contribution >= 4 is 11.8 Å². The fourth-order valence-electron chi connectivity index (χ4n) is 1.70. The van der Waals surface area contributed by atoms with Crippen molar-refractivity contribution in [2.24, 2.45) is 5.73 Å². The Kier molecular flexibility index (Phi) is 5.43. The molecule has 0 saturated heterocycles. The van der Waals surface area contributed by atoms with E-state index in [-0.39, 0.29) is 23.6 Å². The molecule has 1 unspecified atom stereocenters. The summed E-state index contributed by atoms with van der Waals surface area (Å²) in [7, 11) is 0. The van der Waals surface area contributed by atoms with Crippen LogP contribution in [0.15, 0.2) is 18.2 Å². The molecule has 21 heavy (non-hydrogen) atoms. The molecule has 0 saturated carbocycles. The zero-order chi connectivity index (χ0) is 16.2. The van der Waals surface area contributed by atoms with Crippen molar-refractivity contribution < 1.29 is 14.0 Å². The third-order valence-electron chi connectivity index (χ3n) is 2.82. The highest BCUT2D eigenvalue weighted by Crippen LogP contribution is 2.10. The predicted molar refractivity (Wildman–Crippen MR) is 79.1 cm³/mol. The van der Waals surface area contributed by atoms with Gasteiger partial charge >= 0.3 is 0 Å². The monoisotopic (exact) mass is 295 g/mol. The Morgan fingerprint density at radius 1 is 1.33 bits per heavy atom. The molecule has 0 bridgehead atoms. The van der Waals surface area contributed by atoms with Gasteiger partial charge in [0, 0.05) is 23.2 Å². The third-order valence-corrected chi connectivity index (χ3v) is 2.82. The average Bonchev–Trinajstić information content (AvgIpc) is 2.35. The number of nitrogens with one attached hydrogen (secondary N) is 2. The Morgan fingerprint density at radius 3 is 2.48 bits per heavy atom. The van der Waals surface area contributed by atoms with Crippen LogP contribution in [0.1, 0.15) is 43.6 Å². The van der Waals surface area contributed by atoms with Crippen LogP contribution in [0.5, 0.6) is 0 Å². The maximum atomic E-state index is 13.7. The van der Waals surface area contributed by atoms with Gasteiger partial charge < -0.3 is 16.4 Å². The average molecular weight is 295 g/mol. The number of primary amides is 1. The van der Waals surface area contributed by atoms with Crippen LogP contribution in [0.2, 0.25) is 0 Å². The fraction of sp³-hybridized carbons (Fsp3) is 0.467. The summed E-state index contributed by atoms with van der Waals surface area (Å²) in [6.45, 7) is 7.47. The third kappa shape index (κ3) is 5.51. The van der Waals surface area contributed by atoms with Crippen molar-refractivity contribution in [3.63, 3.8) is 0 Å². The predicted octanol–water partition coefficient (Wildman–Crippen LogP) is 1.32. The van der Waals surface area contributed by atoms with E-state index in [4.69, 9.17) is 5.73 Å². The van der Waals surface area contributed by atoms with Crippen LogP contribution in [0.25, 0.3) is 0 Å². The number of hydrogen-bond donors (Lipinski definition) is 3. The standard InChI is InChI=1S/C15H22FN3O2/c1-9(14(21)19-15(2,3)4)18-8-11-7-10(13(17)20)5-6-12(11)16/h5-7,9,18H,8H2,1-4H3,(H2,17,20)(H,19,21). The lowest BCUT2D eigenvalue weighted by Gasteiger charge is -2.23. The summed E-state index contributed by atoms with van der Waals surface area (Å²) >= 11 is 0. The Hall–Kier alpha value is -1.95. The number of nitrogens with two attached hydrogens (primary N) is 1. The van der Waals surface area contributed by atoms with Gasteiger partial charge in [0.1, 0.15) is 5.82 Å². The molecule has 116 valence electrons. The number of halogens is 1. The number of benzene rings is 1. The van der Waals surface area contributed by atoms with E-state index in [1.165, 1.54) is 18.2 Å². The molecule has 0 spiro atoms. The topological polar surface area (TPSA) is 84.2 Å². The molecule has 0 aliphatic heterocycles. The molecule has 1 rings (SSSR count). The molecule has 1 aromatic carbocycles. The van der Waals surface area contributed by atoms with Crippen LogP contribution < -0.4 is 16.4 Å². The molecule has 0 fully saturated rings. The summed E-state index contributed by atoms with van der Waals surface area (Å²) in [4.78, 5) is 23.0. The maximum Gasteiger partial charge on any atom is 0.248 e. The Balaban J connectivity index is 2.68. The Morgan fingerprint density at radius 2 is 1.95 bits per heavy atom. The molecule has 2 amide bonds. The van der Waals surface area contributed by atoms with Gasteiger partial charge in [-0.25, -0.2) is 4.39 Å². The molecule has 0 aromatic heterocycles. The molecular weight excluding hydrogens is 273 g/mol. The quantitative estimate of drug-likeness (QED) is 0.766. The van der Waals surface area contributed by atoms with Gasteiger partial charge in [0.2, 0.25) is 11.8 Å². The second-order valence-electron chi connectivity index (χ2n) is 6.01. The van der Waals surface area contributed by atoms with Gasteiger partial charge in [-0.05, 0) is 45.9 Å². The molecule has 0 heterocycles. The zero-order valence-electron chi connectivity index (χ0n) is 12.8. The first-order valence-corrected chi connectivity index (χ1v) is 6.74. The molecule has 0 aliphatic carbocycles. The smallest absolute Gasteiger partial charge is 0.248 e. The minimum absolute atomic E-state index is 0.131. The van der Waals surface area contributed by atoms with E-state index >= 15 is 0 Å². The van der Waals surface area contributed by atoms with Crippen molar-refractivity contribution in [3.05, 3.63) is 35.1 Å². The van der Waals surface area contributed by atoms with Crippen molar-refractivity contribution in [2.45, 2.75) is 45.8 Å². The van der Waals surface area contributed by atoms with E-state index in [0.717, 1.165) is 0 Å². The summed E-state index contributed by atoms with van der Waals surface area (Å²) in [5.41, 5.74) is 5.36. The number of amides is 2. The molecule has 5 nitrogen and oxygen atoms in total. The zero-order valence-corrected chi connectivity index (χ0v) is 12.8. The fourth-order valence-corrected chi connectivity index (χ4v) is 1.70. The largest absolute Gasteiger partial charge is 0.366 e. The SMILES string of the molecule is CC(NCc1cc(C(N)=O)ccc1F)C(=O)NC(C)(C)C. The highest BCUT2D eigenvalue weighted by atomic mass is 19.1. The summed E-state index contributed by atoms with van der Waals surface area (Å²) in [6, 6.07) is 3.42. The Bertz CT molecular complexity index is 538. The van der Waals surface area contributed by atoms with Gasteiger partial charge in [0.05, 0.1) is 6.04 Å². The summed E-state index contributed by atoms with van der Waals surface area (Å²) in [5, 5.41) is 5.75. The first-order valence-electron chi connectivity index (χ1n) is 6.74. The van der Waals surface area contributed by atoms with Crippen LogP contribution in [-0.4, -0.2) is 23.4 Å². The molecule has 1 atom stereocenters. The lowest BCUT2D eigenvalue weighted by atomic mass is 10.1. The van der Waals surface area contributed by atoms with Crippen LogP contribution in [0.4, 0.5) is 4.39 Å². The van der Waals surface area contributed by atoms with Gasteiger partial charge in [0.25, 0.3) is 0 Å². The van der Waals surface area contributed by atoms with Crippen molar-refractivity contribution in [3.8, 4) is 0 Å². The second kappa shape index (κ2) is 6.67. The molecule has 1 aromatic rings. The van der Waals surface area contributed by atoms with Crippen molar-refractivity contribution in [1.82, 2.24) is 10.6 Å². The normalized spacial score (nSPS) is 12.8. The van der Waals surface area contributed by atoms with E-state index in [0.29, 0.717) is 5.56 Å². The van der Waals surface area contributed by atoms with Crippen molar-refractivity contribution in [1.29, 1.82) is 0 Å². The number of carbonyl (C=O) groups excluding carboxylic acids is 2. The summed E-state index contributed by atoms with van der Waals surface area (Å²) in [6.07, 6.45) is 0. The van der Waals surface area contributed by atoms with E-state index in [1.807, 2.05) is 20.8 Å². The first-order chi connectivity index (χ1) is 9.60. The summed E-state index contributed by atoms with van der Waals surface area (Å²) < 4.78 is 13.7. The van der Waals surface area contributed by atoms with Crippen molar-refractivity contribution in [2.75, 3.05) is 0 Å². The first kappa shape index (κ1) is 17.1. The lowest BCUT2D eigenvalue weighted by Crippen LogP contribution is -2.49. The van der Waals surface area contributed by atoms with Gasteiger partial charge in [0.15, 0.2) is 0 Å². The van der Waals surface area contributed by atoms with E-state index < -0.39 is 17.8 Å². The van der Waals surface area contributed by atoms with Gasteiger partial charge in [-0.2, -0.15) is 0 Å². The van der Waals surface area contributed by atoms with Gasteiger partial charge in [-0.3, -0.25) is 9.59 Å². The second-order valence-corrected chi connectivity index (χ2v) is 6.01. The summed E-state index contributed by atoms with van der Waals surface area (Å²) in [5.74, 6) is -1.24. The van der Waals surface area contributed by atoms with E-state index in [2.05, 4.69) is 10.6 Å². The minimum Gasteiger partial charge on any atom is -0.366 e. The lowest BCUT2D eigenvalue weighted by molar-refractivity contribution is -0.124. The van der Waals surface area contributed by atoms with E-state index in [9.17, 15) is 14.0 Å². The number of hydrogen-bond acceptors (Lipinski definition) is 3. The highest BCUT2D eigenvalue weighted by molar-refractivity contribution is 5.92. The number of rotatable bonds is 5. The minimum atomic E-state index is -0.616. The Labute approximate surface area is 124 Å². The molecule has 4 N–H and O–H groups in total. The number of carbonyl (C=O) groups is 2. The van der Waals surface area contributed by atoms with Crippen LogP contribution in [0, 0.1) is 5.82 Å². The van der Waals surface area contributed by atoms with E-state index in [1.54, 1.807) is 6.92 Å². The molecule has 0 aliphatic rings. The molecule has 6 heteroatoms.